The molecular weight excluding hydrogens is 789 g/mol. The Morgan fingerprint density at radius 1 is 0.672 bits per heavy atom. The smallest absolute Gasteiger partial charge is 0.870 e. The quantitative estimate of drug-likeness (QED) is 0.0869. The molecule has 4 N–H and O–H groups in total. The van der Waals surface area contributed by atoms with Crippen molar-refractivity contribution in [3.8, 4) is 0 Å². The maximum Gasteiger partial charge on any atom is 1.00 e. The van der Waals surface area contributed by atoms with Gasteiger partial charge in [-0.3, -0.25) is 0 Å². The number of nitrogens with zero attached hydrogens (tertiary/aromatic N) is 2. The van der Waals surface area contributed by atoms with E-state index in [0.717, 1.165) is 16.7 Å². The van der Waals surface area contributed by atoms with Crippen LogP contribution in [0.15, 0.2) is 97.1 Å². The molecule has 2 aliphatic heterocycles. The van der Waals surface area contributed by atoms with Crippen molar-refractivity contribution in [2.75, 3.05) is 33.4 Å². The first-order valence-corrected chi connectivity index (χ1v) is 19.5. The number of halogens is 2. The molecule has 0 saturated carbocycles. The van der Waals surface area contributed by atoms with Gasteiger partial charge in [-0.05, 0) is 110 Å². The van der Waals surface area contributed by atoms with Gasteiger partial charge < -0.3 is 44.8 Å². The summed E-state index contributed by atoms with van der Waals surface area (Å²) in [6.07, 6.45) is 1.89. The number of esters is 1. The van der Waals surface area contributed by atoms with Crippen LogP contribution >= 0.6 is 0 Å². The first-order valence-electron chi connectivity index (χ1n) is 19.5. The van der Waals surface area contributed by atoms with Crippen LogP contribution in [0.3, 0.4) is 0 Å². The van der Waals surface area contributed by atoms with Crippen molar-refractivity contribution < 1.29 is 81.8 Å². The largest absolute Gasteiger partial charge is 1.00 e. The number of cyclic esters (lactones) is 2. The Kier molecular flexibility index (Phi) is 18.5. The Morgan fingerprint density at radius 3 is 1.34 bits per heavy atom. The zero-order valence-electron chi connectivity index (χ0n) is 34.8. The van der Waals surface area contributed by atoms with Crippen molar-refractivity contribution in [2.24, 2.45) is 0 Å². The summed E-state index contributed by atoms with van der Waals surface area (Å²) in [4.78, 5) is 51.7. The minimum atomic E-state index is -1.01. The first-order chi connectivity index (χ1) is 28.3. The summed E-state index contributed by atoms with van der Waals surface area (Å²) in [6, 6.07) is 24.6. The Labute approximate surface area is 365 Å². The van der Waals surface area contributed by atoms with E-state index in [0.29, 0.717) is 62.7 Å². The molecule has 0 spiro atoms. The average Bonchev–Trinajstić information content (AvgIpc) is 3.25. The van der Waals surface area contributed by atoms with Crippen LogP contribution in [0.25, 0.3) is 0 Å². The fourth-order valence-corrected chi connectivity index (χ4v) is 7.61. The number of aliphatic hydroxyl groups is 2. The number of aromatic carboxylic acids is 1. The monoisotopic (exact) mass is 840 g/mol. The molecule has 2 saturated heterocycles. The molecule has 4 aromatic rings. The van der Waals surface area contributed by atoms with Gasteiger partial charge in [-0.25, -0.2) is 28.0 Å². The van der Waals surface area contributed by atoms with Gasteiger partial charge in [-0.1, -0.05) is 48.5 Å². The summed E-state index contributed by atoms with van der Waals surface area (Å²) in [5.41, 5.74) is 1.92. The van der Waals surface area contributed by atoms with E-state index in [4.69, 9.17) is 19.3 Å². The summed E-state index contributed by atoms with van der Waals surface area (Å²) in [7, 11) is 1.33. The summed E-state index contributed by atoms with van der Waals surface area (Å²) in [5, 5.41) is 27.6. The van der Waals surface area contributed by atoms with E-state index in [1.165, 1.54) is 43.5 Å². The summed E-state index contributed by atoms with van der Waals surface area (Å²) >= 11 is 0. The van der Waals surface area contributed by atoms with Crippen molar-refractivity contribution in [1.29, 1.82) is 0 Å². The van der Waals surface area contributed by atoms with E-state index in [1.807, 2.05) is 13.8 Å². The zero-order valence-corrected chi connectivity index (χ0v) is 34.8. The molecule has 2 aliphatic rings. The molecule has 6 rings (SSSR count). The van der Waals surface area contributed by atoms with E-state index in [9.17, 15) is 38.2 Å². The fraction of sp³-hybridized carbons (Fsp3) is 0.378. The molecule has 2 fully saturated rings. The van der Waals surface area contributed by atoms with Gasteiger partial charge in [0, 0.05) is 39.1 Å². The van der Waals surface area contributed by atoms with Gasteiger partial charge >= 0.3 is 43.0 Å². The number of benzene rings is 4. The van der Waals surface area contributed by atoms with E-state index < -0.39 is 35.3 Å². The van der Waals surface area contributed by atoms with Gasteiger partial charge in [0.1, 0.15) is 22.8 Å². The third-order valence-corrected chi connectivity index (χ3v) is 11.2. The SMILES string of the molecule is COC(=O)c1ccc([C@H](C)N2CC[C@](CCCO)(c3ccc(F)cc3)OC2=O)cc1.C[C@@H](c1ccc(C(=O)O)cc1)N1CC[C@](CCCO)(c2ccc(F)cc2)OC1=O.[Li+].[OH-]. The van der Waals surface area contributed by atoms with Crippen LogP contribution in [0.2, 0.25) is 0 Å². The number of amides is 2. The van der Waals surface area contributed by atoms with E-state index in [-0.39, 0.29) is 66.8 Å². The van der Waals surface area contributed by atoms with Crippen LogP contribution in [-0.4, -0.2) is 88.1 Å². The maximum atomic E-state index is 13.4. The van der Waals surface area contributed by atoms with E-state index >= 15 is 0 Å². The molecule has 16 heteroatoms. The van der Waals surface area contributed by atoms with Gasteiger partial charge in [0.05, 0.1) is 30.3 Å². The fourth-order valence-electron chi connectivity index (χ4n) is 7.61. The normalized spacial score (nSPS) is 19.4. The average molecular weight is 841 g/mol. The van der Waals surface area contributed by atoms with Crippen LogP contribution in [-0.2, 0) is 25.4 Å². The molecule has 2 amide bonds. The second-order valence-electron chi connectivity index (χ2n) is 14.7. The number of carbonyl (C=O) groups excluding carboxylic acids is 3. The third kappa shape index (κ3) is 12.0. The molecule has 322 valence electrons. The number of carbonyl (C=O) groups is 4. The Morgan fingerprint density at radius 2 is 1.03 bits per heavy atom. The number of carboxylic acids is 1. The zero-order chi connectivity index (χ0) is 42.7. The van der Waals surface area contributed by atoms with Crippen molar-refractivity contribution in [3.05, 3.63) is 142 Å². The molecule has 2 heterocycles. The van der Waals surface area contributed by atoms with Gasteiger partial charge in [0.25, 0.3) is 0 Å². The van der Waals surface area contributed by atoms with Gasteiger partial charge in [0.2, 0.25) is 0 Å². The predicted octanol–water partition coefficient (Wildman–Crippen LogP) is 5.11. The van der Waals surface area contributed by atoms with Crippen molar-refractivity contribution in [3.63, 3.8) is 0 Å². The molecule has 0 aromatic heterocycles. The molecule has 0 bridgehead atoms. The van der Waals surface area contributed by atoms with E-state index in [1.54, 1.807) is 70.5 Å². The topological polar surface area (TPSA) is 193 Å². The number of methoxy groups -OCH3 is 1. The summed E-state index contributed by atoms with van der Waals surface area (Å²) in [5.74, 6) is -2.15. The molecule has 13 nitrogen and oxygen atoms in total. The van der Waals surface area contributed by atoms with Crippen LogP contribution in [0, 0.1) is 11.6 Å². The van der Waals surface area contributed by atoms with Crippen LogP contribution in [0.1, 0.15) is 107 Å². The van der Waals surface area contributed by atoms with Crippen LogP contribution < -0.4 is 18.9 Å². The molecule has 61 heavy (non-hydrogen) atoms. The Hall–Kier alpha value is -5.30. The molecule has 0 unspecified atom stereocenters. The third-order valence-electron chi connectivity index (χ3n) is 11.2. The minimum absolute atomic E-state index is 0. The number of ether oxygens (including phenoxy) is 3. The van der Waals surface area contributed by atoms with Crippen molar-refractivity contribution in [1.82, 2.24) is 9.80 Å². The number of rotatable bonds is 14. The Balaban J connectivity index is 0.000000315. The first kappa shape index (κ1) is 50.1. The molecule has 0 aliphatic carbocycles. The van der Waals surface area contributed by atoms with Crippen molar-refractivity contribution in [2.45, 2.75) is 75.7 Å². The molecule has 4 atom stereocenters. The van der Waals surface area contributed by atoms with Gasteiger partial charge in [-0.2, -0.15) is 0 Å². The number of carboxylic acid groups (broad SMARTS) is 1. The number of aliphatic hydroxyl groups excluding tert-OH is 2. The standard InChI is InChI=1S/C23H26FNO5.C22H24FNO5.Li.H2O/c1-16(17-4-6-18(7-5-17)21(27)29-2)25-14-13-23(12-3-15-26,30-22(25)28)19-8-10-20(24)11-9-19;1-15(16-3-5-17(6-4-16)20(26)27)24-13-12-22(11-2-14-25,29-21(24)28)18-7-9-19(23)10-8-18;;/h4-11,16,26H,3,12-15H2,1-2H3;3-10,15,25H,2,11-14H2,1H3,(H,26,27);;1H2/q;;+1;/p-1/t16-,23+;15-,22+;;/m00../s1. The summed E-state index contributed by atoms with van der Waals surface area (Å²) in [6.45, 7) is 4.57. The molecule has 4 aromatic carbocycles. The molecular formula is C45H51F2LiN2O11. The predicted molar refractivity (Wildman–Crippen MR) is 214 cm³/mol. The molecule has 0 radical (unpaired) electrons. The number of hydrogen-bond donors (Lipinski definition) is 3. The number of hydrogen-bond acceptors (Lipinski definition) is 10. The van der Waals surface area contributed by atoms with Gasteiger partial charge in [-0.15, -0.1) is 0 Å². The summed E-state index contributed by atoms with van der Waals surface area (Å²) < 4.78 is 43.2. The van der Waals surface area contributed by atoms with Gasteiger partial charge in [0.15, 0.2) is 0 Å². The maximum absolute atomic E-state index is 13.4. The minimum Gasteiger partial charge on any atom is -0.870 e. The van der Waals surface area contributed by atoms with Crippen LogP contribution in [0.4, 0.5) is 18.4 Å². The van der Waals surface area contributed by atoms with E-state index in [2.05, 4.69) is 0 Å². The Bertz CT molecular complexity index is 2060. The second kappa shape index (κ2) is 22.5. The second-order valence-corrected chi connectivity index (χ2v) is 14.7. The van der Waals surface area contributed by atoms with Crippen LogP contribution in [0.5, 0.6) is 0 Å². The van der Waals surface area contributed by atoms with Crippen molar-refractivity contribution >= 4 is 24.1 Å².